The average molecular weight is 445 g/mol. The number of carbonyl (C=O) groups is 1. The number of aromatic hydroxyl groups is 1. The Balaban J connectivity index is 1.61. The molecule has 0 atom stereocenters. The molecule has 0 saturated heterocycles. The number of aromatic nitrogens is 2. The minimum Gasteiger partial charge on any atom is -0.504 e. The topological polar surface area (TPSA) is 73.6 Å². The van der Waals surface area contributed by atoms with Gasteiger partial charge in [0.25, 0.3) is 0 Å². The summed E-state index contributed by atoms with van der Waals surface area (Å²) >= 11 is 0. The van der Waals surface area contributed by atoms with E-state index in [4.69, 9.17) is 9.72 Å². The van der Waals surface area contributed by atoms with Crippen molar-refractivity contribution in [1.82, 2.24) is 9.55 Å². The molecule has 1 aromatic heterocycles. The van der Waals surface area contributed by atoms with Crippen LogP contribution in [0.5, 0.6) is 11.5 Å². The molecule has 0 aliphatic rings. The molecular weight excluding hydrogens is 416 g/mol. The number of phenolic OH excluding ortho intramolecular Hbond substituents is 1. The van der Waals surface area contributed by atoms with Gasteiger partial charge in [-0.3, -0.25) is 9.36 Å². The number of hydrogen-bond acceptors (Lipinski definition) is 5. The molecule has 6 heteroatoms. The normalized spacial score (nSPS) is 11.0. The Kier molecular flexibility index (Phi) is 6.93. The number of carbonyl (C=O) groups excluding carboxylic acids is 1. The number of fused-ring (bicyclic) bond motifs is 1. The van der Waals surface area contributed by atoms with Crippen molar-refractivity contribution in [2.75, 3.05) is 13.7 Å². The number of phenols is 1. The lowest BCUT2D eigenvalue weighted by atomic mass is 10.2. The minimum absolute atomic E-state index is 0.0740. The summed E-state index contributed by atoms with van der Waals surface area (Å²) in [6.45, 7) is 2.50. The van der Waals surface area contributed by atoms with Crippen molar-refractivity contribution in [3.63, 3.8) is 0 Å². The first-order valence-electron chi connectivity index (χ1n) is 11.1. The lowest BCUT2D eigenvalue weighted by Gasteiger charge is -2.11. The summed E-state index contributed by atoms with van der Waals surface area (Å²) in [5, 5.41) is 10.7. The fourth-order valence-electron chi connectivity index (χ4n) is 3.78. The van der Waals surface area contributed by atoms with Crippen LogP contribution in [0.15, 0.2) is 66.7 Å². The number of nitrogens with zero attached hydrogens (tertiary/aromatic N) is 2. The highest BCUT2D eigenvalue weighted by Gasteiger charge is 2.17. The third-order valence-electron chi connectivity index (χ3n) is 5.57. The first-order chi connectivity index (χ1) is 16.1. The lowest BCUT2D eigenvalue weighted by Crippen LogP contribution is -2.01. The zero-order chi connectivity index (χ0) is 23.2. The molecule has 0 aliphatic carbocycles. The van der Waals surface area contributed by atoms with Crippen LogP contribution in [0.1, 0.15) is 31.2 Å². The van der Waals surface area contributed by atoms with Crippen molar-refractivity contribution < 1.29 is 19.4 Å². The molecule has 0 aliphatic heterocycles. The van der Waals surface area contributed by atoms with Crippen LogP contribution in [-0.4, -0.2) is 34.3 Å². The van der Waals surface area contributed by atoms with E-state index >= 15 is 0 Å². The number of methoxy groups -OCH3 is 1. The van der Waals surface area contributed by atoms with Gasteiger partial charge in [0, 0.05) is 29.8 Å². The van der Waals surface area contributed by atoms with Crippen molar-refractivity contribution >= 4 is 17.0 Å². The second-order valence-electron chi connectivity index (χ2n) is 8.02. The zero-order valence-corrected chi connectivity index (χ0v) is 19.0. The van der Waals surface area contributed by atoms with Gasteiger partial charge in [-0.1, -0.05) is 48.0 Å². The molecule has 170 valence electrons. The molecule has 0 fully saturated rings. The number of imidazole rings is 1. The van der Waals surface area contributed by atoms with E-state index in [9.17, 15) is 9.90 Å². The Hall–Kier alpha value is -3.80. The molecule has 0 unspecified atom stereocenters. The quantitative estimate of drug-likeness (QED) is 0.260. The maximum Gasteiger partial charge on any atom is 0.305 e. The Morgan fingerprint density at radius 1 is 1.00 bits per heavy atom. The third-order valence-corrected chi connectivity index (χ3v) is 5.57. The highest BCUT2D eigenvalue weighted by molar-refractivity contribution is 5.86. The predicted octanol–water partition coefficient (Wildman–Crippen LogP) is 5.82. The van der Waals surface area contributed by atoms with E-state index in [2.05, 4.69) is 40.5 Å². The van der Waals surface area contributed by atoms with Gasteiger partial charge in [0.1, 0.15) is 5.82 Å². The van der Waals surface area contributed by atoms with Crippen LogP contribution in [0.4, 0.5) is 0 Å². The van der Waals surface area contributed by atoms with E-state index in [0.29, 0.717) is 18.8 Å². The van der Waals surface area contributed by atoms with Crippen molar-refractivity contribution in [3.05, 3.63) is 72.3 Å². The maximum atomic E-state index is 11.2. The summed E-state index contributed by atoms with van der Waals surface area (Å²) < 4.78 is 12.5. The fraction of sp³-hybridized carbons (Fsp3) is 0.259. The molecule has 1 N–H and O–H groups in total. The van der Waals surface area contributed by atoms with Crippen LogP contribution in [0, 0.1) is 6.92 Å². The number of ether oxygens (including phenoxy) is 2. The first kappa shape index (κ1) is 22.4. The van der Waals surface area contributed by atoms with E-state index < -0.39 is 0 Å². The van der Waals surface area contributed by atoms with Crippen LogP contribution in [0.3, 0.4) is 0 Å². The molecule has 4 aromatic rings. The van der Waals surface area contributed by atoms with E-state index in [1.165, 1.54) is 12.7 Å². The first-order valence-corrected chi connectivity index (χ1v) is 11.1. The molecule has 3 aromatic carbocycles. The summed E-state index contributed by atoms with van der Waals surface area (Å²) in [6.07, 6.45) is 2.79. The number of aryl methyl sites for hydroxylation is 1. The van der Waals surface area contributed by atoms with Gasteiger partial charge in [-0.2, -0.15) is 0 Å². The molecule has 1 heterocycles. The van der Waals surface area contributed by atoms with Gasteiger partial charge in [-0.15, -0.1) is 0 Å². The minimum atomic E-state index is -0.197. The molecule has 0 radical (unpaired) electrons. The Morgan fingerprint density at radius 3 is 2.48 bits per heavy atom. The van der Waals surface area contributed by atoms with Crippen LogP contribution in [-0.2, 0) is 9.53 Å². The summed E-state index contributed by atoms with van der Waals surface area (Å²) in [5.74, 6) is 1.08. The summed E-state index contributed by atoms with van der Waals surface area (Å²) in [5.41, 5.74) is 4.69. The van der Waals surface area contributed by atoms with Crippen LogP contribution >= 0.6 is 0 Å². The SMILES string of the molecule is COC(=O)CCCCCOc1cc2nc(-c3ccccc3)n(-c3ccc(C)cc3)c2cc1O. The largest absolute Gasteiger partial charge is 0.504 e. The van der Waals surface area contributed by atoms with Crippen molar-refractivity contribution in [2.45, 2.75) is 32.6 Å². The summed E-state index contributed by atoms with van der Waals surface area (Å²) in [6, 6.07) is 21.7. The third kappa shape index (κ3) is 5.17. The number of hydrogen-bond donors (Lipinski definition) is 1. The maximum absolute atomic E-state index is 11.2. The molecule has 4 rings (SSSR count). The molecule has 0 amide bonds. The van der Waals surface area contributed by atoms with Gasteiger partial charge in [0.05, 0.1) is 24.8 Å². The van der Waals surface area contributed by atoms with E-state index in [0.717, 1.165) is 47.4 Å². The zero-order valence-electron chi connectivity index (χ0n) is 19.0. The Morgan fingerprint density at radius 2 is 1.76 bits per heavy atom. The molecule has 0 saturated carbocycles. The Labute approximate surface area is 193 Å². The highest BCUT2D eigenvalue weighted by Crippen LogP contribution is 2.36. The molecule has 0 bridgehead atoms. The predicted molar refractivity (Wildman–Crippen MR) is 129 cm³/mol. The van der Waals surface area contributed by atoms with E-state index in [-0.39, 0.29) is 11.7 Å². The summed E-state index contributed by atoms with van der Waals surface area (Å²) in [7, 11) is 1.40. The Bertz CT molecular complexity index is 1230. The van der Waals surface area contributed by atoms with Gasteiger partial charge in [0.15, 0.2) is 11.5 Å². The highest BCUT2D eigenvalue weighted by atomic mass is 16.5. The number of benzene rings is 3. The number of unbranched alkanes of at least 4 members (excludes halogenated alkanes) is 2. The fourth-order valence-corrected chi connectivity index (χ4v) is 3.78. The number of esters is 1. The van der Waals surface area contributed by atoms with Gasteiger partial charge < -0.3 is 14.6 Å². The second-order valence-corrected chi connectivity index (χ2v) is 8.02. The summed E-state index contributed by atoms with van der Waals surface area (Å²) in [4.78, 5) is 16.1. The average Bonchev–Trinajstić information content (AvgIpc) is 3.20. The van der Waals surface area contributed by atoms with Crippen LogP contribution < -0.4 is 4.74 Å². The lowest BCUT2D eigenvalue weighted by molar-refractivity contribution is -0.140. The van der Waals surface area contributed by atoms with Gasteiger partial charge in [-0.25, -0.2) is 4.98 Å². The molecule has 6 nitrogen and oxygen atoms in total. The van der Waals surface area contributed by atoms with Crippen LogP contribution in [0.25, 0.3) is 28.1 Å². The van der Waals surface area contributed by atoms with Crippen molar-refractivity contribution in [2.24, 2.45) is 0 Å². The van der Waals surface area contributed by atoms with E-state index in [1.807, 2.05) is 30.3 Å². The molecular formula is C27H28N2O4. The van der Waals surface area contributed by atoms with Gasteiger partial charge >= 0.3 is 5.97 Å². The van der Waals surface area contributed by atoms with Gasteiger partial charge in [0.2, 0.25) is 0 Å². The molecule has 33 heavy (non-hydrogen) atoms. The molecule has 0 spiro atoms. The standard InChI is InChI=1S/C27H28N2O4/c1-19-12-14-21(15-13-19)29-23-18-24(30)25(33-16-8-4-7-11-26(31)32-2)17-22(23)28-27(29)20-9-5-3-6-10-20/h3,5-6,9-10,12-15,17-18,30H,4,7-8,11,16H2,1-2H3. The number of rotatable bonds is 9. The monoisotopic (exact) mass is 444 g/mol. The second kappa shape index (κ2) is 10.2. The van der Waals surface area contributed by atoms with Crippen molar-refractivity contribution in [1.29, 1.82) is 0 Å². The van der Waals surface area contributed by atoms with E-state index in [1.54, 1.807) is 12.1 Å². The smallest absolute Gasteiger partial charge is 0.305 e. The van der Waals surface area contributed by atoms with Crippen LogP contribution in [0.2, 0.25) is 0 Å². The van der Waals surface area contributed by atoms with Gasteiger partial charge in [-0.05, 0) is 38.3 Å². The van der Waals surface area contributed by atoms with Crippen molar-refractivity contribution in [3.8, 4) is 28.6 Å².